The fourth-order valence-electron chi connectivity index (χ4n) is 2.57. The van der Waals surface area contributed by atoms with Crippen LogP contribution in [0.3, 0.4) is 0 Å². The molecule has 0 aliphatic heterocycles. The van der Waals surface area contributed by atoms with Gasteiger partial charge in [-0.3, -0.25) is 4.79 Å². The molecule has 2 rings (SSSR count). The summed E-state index contributed by atoms with van der Waals surface area (Å²) >= 11 is 0. The van der Waals surface area contributed by atoms with Gasteiger partial charge in [-0.1, -0.05) is 25.1 Å². The molecule has 0 aliphatic rings. The summed E-state index contributed by atoms with van der Waals surface area (Å²) in [6.07, 6.45) is 5.96. The predicted octanol–water partition coefficient (Wildman–Crippen LogP) is 2.53. The van der Waals surface area contributed by atoms with Crippen molar-refractivity contribution in [2.75, 3.05) is 11.9 Å². The summed E-state index contributed by atoms with van der Waals surface area (Å²) in [7, 11) is 1.99. The number of nitrogens with one attached hydrogen (secondary N) is 2. The molecular weight excluding hydrogens is 288 g/mol. The lowest BCUT2D eigenvalue weighted by molar-refractivity contribution is -0.116. The molecule has 2 N–H and O–H groups in total. The summed E-state index contributed by atoms with van der Waals surface area (Å²) in [5, 5.41) is 6.40. The van der Waals surface area contributed by atoms with Crippen LogP contribution in [0, 0.1) is 0 Å². The summed E-state index contributed by atoms with van der Waals surface area (Å²) in [4.78, 5) is 16.3. The van der Waals surface area contributed by atoms with Gasteiger partial charge in [0.2, 0.25) is 5.91 Å². The summed E-state index contributed by atoms with van der Waals surface area (Å²) in [6, 6.07) is 8.08. The van der Waals surface area contributed by atoms with Gasteiger partial charge in [0.15, 0.2) is 0 Å². The second-order valence-electron chi connectivity index (χ2n) is 5.86. The zero-order valence-corrected chi connectivity index (χ0v) is 14.2. The number of benzene rings is 1. The minimum atomic E-state index is 0.0476. The number of para-hydroxylation sites is 1. The van der Waals surface area contributed by atoms with Gasteiger partial charge >= 0.3 is 0 Å². The molecular formula is C18H26N4O. The Bertz CT molecular complexity index is 635. The molecule has 2 aromatic rings. The van der Waals surface area contributed by atoms with Crippen molar-refractivity contribution in [1.29, 1.82) is 0 Å². The average Bonchev–Trinajstić information content (AvgIpc) is 2.93. The molecule has 0 saturated heterocycles. The highest BCUT2D eigenvalue weighted by Gasteiger charge is 2.10. The van der Waals surface area contributed by atoms with Gasteiger partial charge in [0.1, 0.15) is 0 Å². The van der Waals surface area contributed by atoms with Crippen molar-refractivity contribution in [2.24, 2.45) is 7.05 Å². The Hall–Kier alpha value is -2.14. The maximum atomic E-state index is 12.2. The second kappa shape index (κ2) is 8.48. The van der Waals surface area contributed by atoms with E-state index in [2.05, 4.69) is 22.5 Å². The third-order valence-corrected chi connectivity index (χ3v) is 3.95. The largest absolute Gasteiger partial charge is 0.338 e. The van der Waals surface area contributed by atoms with Crippen molar-refractivity contribution in [3.8, 4) is 0 Å². The first-order valence-electron chi connectivity index (χ1n) is 8.16. The van der Waals surface area contributed by atoms with Gasteiger partial charge in [-0.2, -0.15) is 0 Å². The number of nitrogens with zero attached hydrogens (tertiary/aromatic N) is 2. The first-order valence-corrected chi connectivity index (χ1v) is 8.16. The minimum absolute atomic E-state index is 0.0476. The minimum Gasteiger partial charge on any atom is -0.338 e. The van der Waals surface area contributed by atoms with Crippen LogP contribution in [0.25, 0.3) is 0 Å². The number of aromatic nitrogens is 2. The lowest BCUT2D eigenvalue weighted by atomic mass is 10.1. The highest BCUT2D eigenvalue weighted by atomic mass is 16.1. The molecule has 0 spiro atoms. The van der Waals surface area contributed by atoms with Crippen molar-refractivity contribution in [1.82, 2.24) is 14.9 Å². The Balaban J connectivity index is 1.75. The quantitative estimate of drug-likeness (QED) is 0.787. The van der Waals surface area contributed by atoms with Gasteiger partial charge in [-0.25, -0.2) is 4.98 Å². The van der Waals surface area contributed by atoms with Gasteiger partial charge in [0.05, 0.1) is 6.33 Å². The highest BCUT2D eigenvalue weighted by Crippen LogP contribution is 2.15. The Labute approximate surface area is 138 Å². The number of hydrogen-bond donors (Lipinski definition) is 2. The molecule has 0 saturated carbocycles. The van der Waals surface area contributed by atoms with Crippen LogP contribution in [-0.2, 0) is 24.7 Å². The van der Waals surface area contributed by atoms with Crippen LogP contribution in [0.2, 0.25) is 0 Å². The van der Waals surface area contributed by atoms with E-state index < -0.39 is 0 Å². The molecule has 1 aromatic heterocycles. The molecule has 0 fully saturated rings. The summed E-state index contributed by atoms with van der Waals surface area (Å²) in [5.41, 5.74) is 3.27. The zero-order chi connectivity index (χ0) is 16.7. The Kier molecular flexibility index (Phi) is 6.35. The Morgan fingerprint density at radius 3 is 2.83 bits per heavy atom. The number of rotatable bonds is 8. The Morgan fingerprint density at radius 1 is 1.35 bits per heavy atom. The van der Waals surface area contributed by atoms with Crippen molar-refractivity contribution in [3.63, 3.8) is 0 Å². The Morgan fingerprint density at radius 2 is 2.13 bits per heavy atom. The molecule has 1 amide bonds. The normalized spacial score (nSPS) is 12.1. The highest BCUT2D eigenvalue weighted by molar-refractivity contribution is 5.91. The summed E-state index contributed by atoms with van der Waals surface area (Å²) in [5.74, 6) is 0.0476. The molecule has 0 radical (unpaired) electrons. The molecule has 0 bridgehead atoms. The fourth-order valence-corrected chi connectivity index (χ4v) is 2.57. The molecule has 1 heterocycles. The molecule has 1 atom stereocenters. The number of anilines is 1. The lowest BCUT2D eigenvalue weighted by Gasteiger charge is -2.15. The SMILES string of the molecule is CCc1ccccc1NC(=O)C[C@H](C)NCCc1cncn1C. The van der Waals surface area contributed by atoms with E-state index in [1.165, 1.54) is 5.69 Å². The van der Waals surface area contributed by atoms with Gasteiger partial charge in [-0.05, 0) is 25.0 Å². The van der Waals surface area contributed by atoms with E-state index >= 15 is 0 Å². The first-order chi connectivity index (χ1) is 11.1. The molecule has 124 valence electrons. The van der Waals surface area contributed by atoms with Gasteiger partial charge < -0.3 is 15.2 Å². The van der Waals surface area contributed by atoms with Crippen molar-refractivity contribution >= 4 is 11.6 Å². The number of carbonyl (C=O) groups is 1. The molecule has 5 nitrogen and oxygen atoms in total. The van der Waals surface area contributed by atoms with Crippen LogP contribution in [0.5, 0.6) is 0 Å². The monoisotopic (exact) mass is 314 g/mol. The average molecular weight is 314 g/mol. The van der Waals surface area contributed by atoms with E-state index in [0.717, 1.165) is 30.6 Å². The van der Waals surface area contributed by atoms with Crippen LogP contribution in [0.15, 0.2) is 36.8 Å². The van der Waals surface area contributed by atoms with Crippen LogP contribution >= 0.6 is 0 Å². The van der Waals surface area contributed by atoms with Crippen LogP contribution < -0.4 is 10.6 Å². The van der Waals surface area contributed by atoms with Gasteiger partial charge in [-0.15, -0.1) is 0 Å². The number of imidazole rings is 1. The standard InChI is InChI=1S/C18H26N4O/c1-4-15-7-5-6-8-17(15)21-18(23)11-14(2)20-10-9-16-12-19-13-22(16)3/h5-8,12-14,20H,4,9-11H2,1-3H3,(H,21,23)/t14-/m0/s1. The van der Waals surface area contributed by atoms with E-state index in [1.54, 1.807) is 6.33 Å². The topological polar surface area (TPSA) is 59.0 Å². The van der Waals surface area contributed by atoms with Gasteiger partial charge in [0.25, 0.3) is 0 Å². The predicted molar refractivity (Wildman–Crippen MR) is 93.4 cm³/mol. The van der Waals surface area contributed by atoms with Crippen LogP contribution in [0.4, 0.5) is 5.69 Å². The van der Waals surface area contributed by atoms with E-state index in [9.17, 15) is 4.79 Å². The van der Waals surface area contributed by atoms with Crippen molar-refractivity contribution < 1.29 is 4.79 Å². The fraction of sp³-hybridized carbons (Fsp3) is 0.444. The number of carbonyl (C=O) groups excluding carboxylic acids is 1. The number of amides is 1. The van der Waals surface area contributed by atoms with Gasteiger partial charge in [0, 0.05) is 50.1 Å². The van der Waals surface area contributed by atoms with E-state index in [4.69, 9.17) is 0 Å². The van der Waals surface area contributed by atoms with Crippen molar-refractivity contribution in [2.45, 2.75) is 39.2 Å². The molecule has 5 heteroatoms. The maximum absolute atomic E-state index is 12.2. The lowest BCUT2D eigenvalue weighted by Crippen LogP contribution is -2.32. The third-order valence-electron chi connectivity index (χ3n) is 3.95. The second-order valence-corrected chi connectivity index (χ2v) is 5.86. The zero-order valence-electron chi connectivity index (χ0n) is 14.2. The number of aryl methyl sites for hydroxylation is 2. The molecule has 1 aromatic carbocycles. The smallest absolute Gasteiger partial charge is 0.225 e. The van der Waals surface area contributed by atoms with E-state index in [0.29, 0.717) is 6.42 Å². The van der Waals surface area contributed by atoms with E-state index in [1.807, 2.05) is 49.0 Å². The first kappa shape index (κ1) is 17.2. The van der Waals surface area contributed by atoms with Crippen LogP contribution in [0.1, 0.15) is 31.5 Å². The summed E-state index contributed by atoms with van der Waals surface area (Å²) < 4.78 is 2.01. The molecule has 23 heavy (non-hydrogen) atoms. The van der Waals surface area contributed by atoms with Crippen LogP contribution in [-0.4, -0.2) is 28.0 Å². The molecule has 0 unspecified atom stereocenters. The molecule has 0 aliphatic carbocycles. The van der Waals surface area contributed by atoms with Crippen molar-refractivity contribution in [3.05, 3.63) is 48.0 Å². The third kappa shape index (κ3) is 5.21. The van der Waals surface area contributed by atoms with E-state index in [-0.39, 0.29) is 11.9 Å². The summed E-state index contributed by atoms with van der Waals surface area (Å²) in [6.45, 7) is 4.96. The number of hydrogen-bond acceptors (Lipinski definition) is 3. The maximum Gasteiger partial charge on any atom is 0.225 e.